The topological polar surface area (TPSA) is 30.7 Å². The smallest absolute Gasteiger partial charge is 0.109 e. The number of benzene rings is 4. The highest BCUT2D eigenvalue weighted by Crippen LogP contribution is 2.36. The molecular formula is C34H37NO3. The molecule has 1 fully saturated rings. The van der Waals surface area contributed by atoms with Gasteiger partial charge in [-0.15, -0.1) is 0 Å². The highest BCUT2D eigenvalue weighted by atomic mass is 16.6. The second-order valence-corrected chi connectivity index (χ2v) is 9.95. The molecule has 1 heterocycles. The van der Waals surface area contributed by atoms with Gasteiger partial charge in [-0.1, -0.05) is 121 Å². The van der Waals surface area contributed by atoms with E-state index in [1.165, 1.54) is 5.56 Å². The van der Waals surface area contributed by atoms with Crippen molar-refractivity contribution in [1.82, 2.24) is 4.90 Å². The molecule has 0 aliphatic carbocycles. The van der Waals surface area contributed by atoms with Crippen molar-refractivity contribution >= 4 is 0 Å². The van der Waals surface area contributed by atoms with E-state index in [4.69, 9.17) is 14.2 Å². The Kier molecular flexibility index (Phi) is 9.35. The fourth-order valence-corrected chi connectivity index (χ4v) is 4.95. The molecule has 0 saturated carbocycles. The fraction of sp³-hybridized carbons (Fsp3) is 0.294. The van der Waals surface area contributed by atoms with Crippen LogP contribution in [0, 0.1) is 0 Å². The first-order valence-corrected chi connectivity index (χ1v) is 13.5. The van der Waals surface area contributed by atoms with Crippen molar-refractivity contribution in [1.29, 1.82) is 0 Å². The van der Waals surface area contributed by atoms with Crippen LogP contribution >= 0.6 is 0 Å². The minimum absolute atomic E-state index is 0.124. The van der Waals surface area contributed by atoms with E-state index in [0.29, 0.717) is 32.5 Å². The molecule has 38 heavy (non-hydrogen) atoms. The van der Waals surface area contributed by atoms with Crippen molar-refractivity contribution in [3.05, 3.63) is 144 Å². The predicted octanol–water partition coefficient (Wildman–Crippen LogP) is 6.82. The summed E-state index contributed by atoms with van der Waals surface area (Å²) in [5.74, 6) is 0. The van der Waals surface area contributed by atoms with Gasteiger partial charge in [-0.05, 0) is 29.2 Å². The third-order valence-corrected chi connectivity index (χ3v) is 7.20. The van der Waals surface area contributed by atoms with Crippen molar-refractivity contribution in [2.45, 2.75) is 51.0 Å². The molecule has 5 atom stereocenters. The molecule has 0 bridgehead atoms. The molecule has 0 aromatic heterocycles. The van der Waals surface area contributed by atoms with Gasteiger partial charge in [-0.3, -0.25) is 4.90 Å². The van der Waals surface area contributed by atoms with Crippen LogP contribution in [0.5, 0.6) is 0 Å². The van der Waals surface area contributed by atoms with Gasteiger partial charge in [0.05, 0.1) is 32.5 Å². The number of hydrogen-bond donors (Lipinski definition) is 0. The van der Waals surface area contributed by atoms with Crippen LogP contribution in [0.1, 0.15) is 35.2 Å². The van der Waals surface area contributed by atoms with Crippen LogP contribution < -0.4 is 0 Å². The molecule has 0 spiro atoms. The first-order chi connectivity index (χ1) is 18.8. The van der Waals surface area contributed by atoms with Crippen LogP contribution in [-0.4, -0.2) is 36.3 Å². The van der Waals surface area contributed by atoms with Gasteiger partial charge in [0.15, 0.2) is 0 Å². The van der Waals surface area contributed by atoms with Gasteiger partial charge in [0, 0.05) is 12.6 Å². The molecule has 0 radical (unpaired) electrons. The third-order valence-electron chi connectivity index (χ3n) is 7.20. The second-order valence-electron chi connectivity index (χ2n) is 9.95. The van der Waals surface area contributed by atoms with E-state index in [0.717, 1.165) is 23.2 Å². The fourth-order valence-electron chi connectivity index (χ4n) is 4.95. The van der Waals surface area contributed by atoms with E-state index in [-0.39, 0.29) is 18.2 Å². The molecule has 0 amide bonds. The van der Waals surface area contributed by atoms with Crippen molar-refractivity contribution in [3.8, 4) is 0 Å². The molecular weight excluding hydrogens is 470 g/mol. The maximum Gasteiger partial charge on any atom is 0.109 e. The molecule has 4 aromatic carbocycles. The van der Waals surface area contributed by atoms with Crippen molar-refractivity contribution in [2.24, 2.45) is 0 Å². The second kappa shape index (κ2) is 13.5. The zero-order valence-electron chi connectivity index (χ0n) is 22.1. The maximum atomic E-state index is 6.68. The van der Waals surface area contributed by atoms with Gasteiger partial charge < -0.3 is 14.2 Å². The van der Waals surface area contributed by atoms with E-state index in [9.17, 15) is 0 Å². The molecule has 4 heteroatoms. The number of nitrogens with zero attached hydrogens (tertiary/aromatic N) is 1. The Balaban J connectivity index is 1.32. The number of rotatable bonds is 14. The Labute approximate surface area is 226 Å². The van der Waals surface area contributed by atoms with Gasteiger partial charge in [0.2, 0.25) is 0 Å². The zero-order chi connectivity index (χ0) is 26.0. The minimum atomic E-state index is -0.208. The average Bonchev–Trinajstić information content (AvgIpc) is 3.78. The van der Waals surface area contributed by atoms with E-state index < -0.39 is 0 Å². The Morgan fingerprint density at radius 3 is 1.66 bits per heavy atom. The maximum absolute atomic E-state index is 6.68. The van der Waals surface area contributed by atoms with Gasteiger partial charge in [-0.2, -0.15) is 0 Å². The summed E-state index contributed by atoms with van der Waals surface area (Å²) in [5.41, 5.74) is 4.78. The normalized spacial score (nSPS) is 19.0. The Morgan fingerprint density at radius 2 is 1.11 bits per heavy atom. The largest absolute Gasteiger partial charge is 0.374 e. The highest BCUT2D eigenvalue weighted by molar-refractivity contribution is 5.21. The lowest BCUT2D eigenvalue weighted by atomic mass is 10.1. The van der Waals surface area contributed by atoms with E-state index >= 15 is 0 Å². The van der Waals surface area contributed by atoms with E-state index in [1.807, 2.05) is 42.5 Å². The average molecular weight is 508 g/mol. The lowest BCUT2D eigenvalue weighted by Gasteiger charge is -2.29. The Bertz CT molecular complexity index is 1200. The summed E-state index contributed by atoms with van der Waals surface area (Å²) in [6.45, 7) is 5.32. The van der Waals surface area contributed by atoms with E-state index in [2.05, 4.69) is 90.7 Å². The molecule has 1 aliphatic rings. The first-order valence-electron chi connectivity index (χ1n) is 13.5. The van der Waals surface area contributed by atoms with Crippen LogP contribution in [0.2, 0.25) is 0 Å². The molecule has 1 aliphatic heterocycles. The predicted molar refractivity (Wildman–Crippen MR) is 151 cm³/mol. The summed E-state index contributed by atoms with van der Waals surface area (Å²) in [5, 5.41) is 0. The molecule has 196 valence electrons. The third kappa shape index (κ3) is 7.40. The monoisotopic (exact) mass is 507 g/mol. The van der Waals surface area contributed by atoms with Gasteiger partial charge in [0.1, 0.15) is 12.2 Å². The number of hydrogen-bond acceptors (Lipinski definition) is 4. The van der Waals surface area contributed by atoms with Crippen LogP contribution in [0.25, 0.3) is 0 Å². The SMILES string of the molecule is C[C@H](c1ccccc1)N1CC1[C@H](OCc1ccccc1)[C@H](COCc1ccccc1)OCc1ccccc1. The summed E-state index contributed by atoms with van der Waals surface area (Å²) in [4.78, 5) is 2.50. The number of ether oxygens (including phenoxy) is 3. The summed E-state index contributed by atoms with van der Waals surface area (Å²) in [6.07, 6.45) is -0.332. The zero-order valence-corrected chi connectivity index (χ0v) is 22.1. The van der Waals surface area contributed by atoms with Crippen molar-refractivity contribution in [2.75, 3.05) is 13.2 Å². The Morgan fingerprint density at radius 1 is 0.632 bits per heavy atom. The summed E-state index contributed by atoms with van der Waals surface area (Å²) in [7, 11) is 0. The molecule has 0 N–H and O–H groups in total. The quantitative estimate of drug-likeness (QED) is 0.175. The summed E-state index contributed by atoms with van der Waals surface area (Å²) in [6, 6.07) is 42.2. The van der Waals surface area contributed by atoms with Crippen molar-refractivity contribution in [3.63, 3.8) is 0 Å². The molecule has 5 rings (SSSR count). The molecule has 2 unspecified atom stereocenters. The molecule has 4 aromatic rings. The van der Waals surface area contributed by atoms with Crippen LogP contribution in [0.4, 0.5) is 0 Å². The molecule has 4 nitrogen and oxygen atoms in total. The standard InChI is InChI=1S/C34H37NO3/c1-27(31-20-12-5-13-21-31)35-22-32(35)34(38-25-30-18-10-4-11-19-30)33(37-24-29-16-8-3-9-17-29)26-36-23-28-14-6-2-7-15-28/h2-21,27,32-34H,22-26H2,1H3/t27-,32?,33+,34+,35?/m1/s1. The van der Waals surface area contributed by atoms with Crippen LogP contribution in [-0.2, 0) is 34.0 Å². The van der Waals surface area contributed by atoms with E-state index in [1.54, 1.807) is 0 Å². The lowest BCUT2D eigenvalue weighted by Crippen LogP contribution is -2.41. The molecule has 1 saturated heterocycles. The van der Waals surface area contributed by atoms with Gasteiger partial charge in [0.25, 0.3) is 0 Å². The van der Waals surface area contributed by atoms with Crippen LogP contribution in [0.3, 0.4) is 0 Å². The first kappa shape index (κ1) is 26.3. The summed E-state index contributed by atoms with van der Waals surface area (Å²) >= 11 is 0. The van der Waals surface area contributed by atoms with Gasteiger partial charge >= 0.3 is 0 Å². The van der Waals surface area contributed by atoms with Gasteiger partial charge in [-0.25, -0.2) is 0 Å². The van der Waals surface area contributed by atoms with Crippen LogP contribution in [0.15, 0.2) is 121 Å². The minimum Gasteiger partial charge on any atom is -0.374 e. The highest BCUT2D eigenvalue weighted by Gasteiger charge is 2.47. The summed E-state index contributed by atoms with van der Waals surface area (Å²) < 4.78 is 19.5. The van der Waals surface area contributed by atoms with Crippen molar-refractivity contribution < 1.29 is 14.2 Å². The Hall–Kier alpha value is -3.28. The lowest BCUT2D eigenvalue weighted by molar-refractivity contribution is -0.120.